The van der Waals surface area contributed by atoms with Crippen molar-refractivity contribution in [3.05, 3.63) is 35.4 Å². The first-order valence-electron chi connectivity index (χ1n) is 9.46. The number of hydrogen-bond donors (Lipinski definition) is 0. The highest BCUT2D eigenvalue weighted by atomic mass is 19.1. The van der Waals surface area contributed by atoms with Crippen molar-refractivity contribution in [3.8, 4) is 0 Å². The number of amides is 2. The summed E-state index contributed by atoms with van der Waals surface area (Å²) in [7, 11) is 1.67. The number of hydrogen-bond acceptors (Lipinski definition) is 3. The number of carbonyl (C=O) groups is 2. The zero-order chi connectivity index (χ0) is 19.8. The van der Waals surface area contributed by atoms with Crippen molar-refractivity contribution >= 4 is 11.8 Å². The quantitative estimate of drug-likeness (QED) is 0.809. The summed E-state index contributed by atoms with van der Waals surface area (Å²) in [6, 6.07) is 1.95. The van der Waals surface area contributed by atoms with E-state index in [2.05, 4.69) is 6.92 Å². The molecule has 1 spiro atoms. The van der Waals surface area contributed by atoms with Crippen molar-refractivity contribution in [1.82, 2.24) is 9.80 Å². The third-order valence-electron chi connectivity index (χ3n) is 5.66. The molecule has 1 saturated heterocycles. The Hall–Kier alpha value is -2.02. The van der Waals surface area contributed by atoms with E-state index in [1.54, 1.807) is 7.05 Å². The van der Waals surface area contributed by atoms with Crippen LogP contribution in [-0.4, -0.2) is 53.6 Å². The summed E-state index contributed by atoms with van der Waals surface area (Å²) in [5.74, 6) is -2.10. The smallest absolute Gasteiger partial charge is 0.257 e. The second-order valence-electron chi connectivity index (χ2n) is 7.66. The van der Waals surface area contributed by atoms with Crippen molar-refractivity contribution in [2.75, 3.05) is 20.2 Å². The predicted molar refractivity (Wildman–Crippen MR) is 95.9 cm³/mol. The van der Waals surface area contributed by atoms with E-state index in [4.69, 9.17) is 4.74 Å². The van der Waals surface area contributed by atoms with Gasteiger partial charge >= 0.3 is 0 Å². The number of likely N-dealkylation sites (N-methyl/N-ethyl adjacent to an activating group) is 1. The normalized spacial score (nSPS) is 27.8. The maximum Gasteiger partial charge on any atom is 0.257 e. The van der Waals surface area contributed by atoms with Gasteiger partial charge in [0.15, 0.2) is 0 Å². The highest BCUT2D eigenvalue weighted by Gasteiger charge is 2.54. The minimum Gasteiger partial charge on any atom is -0.353 e. The van der Waals surface area contributed by atoms with Crippen LogP contribution in [0.1, 0.15) is 49.9 Å². The van der Waals surface area contributed by atoms with Crippen LogP contribution in [0.5, 0.6) is 0 Å². The first kappa shape index (κ1) is 19.7. The number of halogens is 2. The minimum atomic E-state index is -0.896. The van der Waals surface area contributed by atoms with Crippen molar-refractivity contribution in [1.29, 1.82) is 0 Å². The van der Waals surface area contributed by atoms with Crippen molar-refractivity contribution in [2.24, 2.45) is 5.92 Å². The maximum atomic E-state index is 13.7. The monoisotopic (exact) mass is 380 g/mol. The summed E-state index contributed by atoms with van der Waals surface area (Å²) in [5.41, 5.74) is -1.00. The lowest BCUT2D eigenvalue weighted by Gasteiger charge is -2.43. The number of benzene rings is 1. The molecule has 148 valence electrons. The van der Waals surface area contributed by atoms with Gasteiger partial charge in [-0.05, 0) is 44.2 Å². The number of carbonyl (C=O) groups excluding carboxylic acids is 2. The van der Waals surface area contributed by atoms with E-state index in [0.29, 0.717) is 25.3 Å². The molecule has 1 heterocycles. The Morgan fingerprint density at radius 1 is 1.30 bits per heavy atom. The summed E-state index contributed by atoms with van der Waals surface area (Å²) in [6.07, 6.45) is 3.11. The molecule has 2 aliphatic rings. The Morgan fingerprint density at radius 3 is 2.56 bits per heavy atom. The molecule has 1 saturated carbocycles. The second-order valence-corrected chi connectivity index (χ2v) is 7.66. The highest BCUT2D eigenvalue weighted by molar-refractivity contribution is 5.98. The third kappa shape index (κ3) is 3.70. The van der Waals surface area contributed by atoms with Crippen LogP contribution >= 0.6 is 0 Å². The Labute approximate surface area is 158 Å². The Bertz CT molecular complexity index is 722. The lowest BCUT2D eigenvalue weighted by Crippen LogP contribution is -2.57. The van der Waals surface area contributed by atoms with Gasteiger partial charge in [0.05, 0.1) is 6.61 Å². The Balaban J connectivity index is 2.02. The SMILES string of the molecule is CCN(C)C(=O)C1COC2(CCCC(C)C2)N1C(=O)c1cc(F)cc(F)c1. The minimum absolute atomic E-state index is 0.0967. The van der Waals surface area contributed by atoms with Gasteiger partial charge in [-0.3, -0.25) is 14.5 Å². The topological polar surface area (TPSA) is 49.9 Å². The van der Waals surface area contributed by atoms with Crippen LogP contribution < -0.4 is 0 Å². The standard InChI is InChI=1S/C20H26F2N2O3/c1-4-23(3)19(26)17-12-27-20(7-5-6-13(2)11-20)24(17)18(25)14-8-15(21)10-16(22)9-14/h8-10,13,17H,4-7,11-12H2,1-3H3. The lowest BCUT2D eigenvalue weighted by atomic mass is 9.83. The van der Waals surface area contributed by atoms with E-state index < -0.39 is 29.3 Å². The zero-order valence-corrected chi connectivity index (χ0v) is 16.0. The van der Waals surface area contributed by atoms with Crippen molar-refractivity contribution < 1.29 is 23.1 Å². The average Bonchev–Trinajstić information content (AvgIpc) is 2.96. The van der Waals surface area contributed by atoms with Gasteiger partial charge in [0.1, 0.15) is 23.4 Å². The molecule has 1 aromatic rings. The molecule has 3 atom stereocenters. The summed E-state index contributed by atoms with van der Waals surface area (Å²) < 4.78 is 33.5. The number of rotatable bonds is 3. The van der Waals surface area contributed by atoms with Crippen LogP contribution in [0.15, 0.2) is 18.2 Å². The van der Waals surface area contributed by atoms with Crippen molar-refractivity contribution in [3.63, 3.8) is 0 Å². The molecule has 0 aromatic heterocycles. The van der Waals surface area contributed by atoms with E-state index in [-0.39, 0.29) is 18.1 Å². The van der Waals surface area contributed by atoms with Gasteiger partial charge in [-0.1, -0.05) is 13.3 Å². The van der Waals surface area contributed by atoms with Gasteiger partial charge in [0.2, 0.25) is 5.91 Å². The molecule has 27 heavy (non-hydrogen) atoms. The van der Waals surface area contributed by atoms with E-state index in [0.717, 1.165) is 31.0 Å². The fourth-order valence-electron chi connectivity index (χ4n) is 4.22. The molecule has 1 aliphatic heterocycles. The molecule has 1 aliphatic carbocycles. The molecular formula is C20H26F2N2O3. The largest absolute Gasteiger partial charge is 0.353 e. The summed E-state index contributed by atoms with van der Waals surface area (Å²) in [5, 5.41) is 0. The Morgan fingerprint density at radius 2 is 1.96 bits per heavy atom. The number of nitrogens with zero attached hydrogens (tertiary/aromatic N) is 2. The van der Waals surface area contributed by atoms with E-state index in [9.17, 15) is 18.4 Å². The zero-order valence-electron chi connectivity index (χ0n) is 16.0. The van der Waals surface area contributed by atoms with Crippen LogP contribution in [0.25, 0.3) is 0 Å². The molecule has 1 aromatic carbocycles. The molecule has 3 rings (SSSR count). The molecule has 5 nitrogen and oxygen atoms in total. The first-order valence-corrected chi connectivity index (χ1v) is 9.46. The van der Waals surface area contributed by atoms with Crippen LogP contribution in [0.3, 0.4) is 0 Å². The van der Waals surface area contributed by atoms with E-state index >= 15 is 0 Å². The van der Waals surface area contributed by atoms with Gasteiger partial charge in [-0.15, -0.1) is 0 Å². The number of ether oxygens (including phenoxy) is 1. The highest BCUT2D eigenvalue weighted by Crippen LogP contribution is 2.43. The van der Waals surface area contributed by atoms with Crippen molar-refractivity contribution in [2.45, 2.75) is 51.3 Å². The summed E-state index contributed by atoms with van der Waals surface area (Å²) in [4.78, 5) is 29.2. The summed E-state index contributed by atoms with van der Waals surface area (Å²) >= 11 is 0. The lowest BCUT2D eigenvalue weighted by molar-refractivity contribution is -0.136. The maximum absolute atomic E-state index is 13.7. The average molecular weight is 380 g/mol. The predicted octanol–water partition coefficient (Wildman–Crippen LogP) is 3.19. The van der Waals surface area contributed by atoms with E-state index in [1.807, 2.05) is 6.92 Å². The first-order chi connectivity index (χ1) is 12.8. The molecule has 0 radical (unpaired) electrons. The van der Waals surface area contributed by atoms with Gasteiger partial charge in [0, 0.05) is 25.2 Å². The van der Waals surface area contributed by atoms with Crippen LogP contribution in [-0.2, 0) is 9.53 Å². The fourth-order valence-corrected chi connectivity index (χ4v) is 4.22. The summed E-state index contributed by atoms with van der Waals surface area (Å²) in [6.45, 7) is 4.52. The molecule has 0 N–H and O–H groups in total. The molecule has 2 amide bonds. The molecule has 2 fully saturated rings. The van der Waals surface area contributed by atoms with Gasteiger partial charge in [-0.2, -0.15) is 0 Å². The van der Waals surface area contributed by atoms with Gasteiger partial charge in [-0.25, -0.2) is 8.78 Å². The molecule has 3 unspecified atom stereocenters. The second kappa shape index (κ2) is 7.54. The molecular weight excluding hydrogens is 354 g/mol. The van der Waals surface area contributed by atoms with Crippen LogP contribution in [0, 0.1) is 17.6 Å². The third-order valence-corrected chi connectivity index (χ3v) is 5.66. The van der Waals surface area contributed by atoms with Crippen LogP contribution in [0.2, 0.25) is 0 Å². The van der Waals surface area contributed by atoms with Crippen LogP contribution in [0.4, 0.5) is 8.78 Å². The van der Waals surface area contributed by atoms with Gasteiger partial charge in [0.25, 0.3) is 5.91 Å². The molecule has 7 heteroatoms. The fraction of sp³-hybridized carbons (Fsp3) is 0.600. The van der Waals surface area contributed by atoms with Gasteiger partial charge < -0.3 is 9.64 Å². The Kier molecular flexibility index (Phi) is 5.51. The molecule has 0 bridgehead atoms. The van der Waals surface area contributed by atoms with E-state index in [1.165, 1.54) is 9.80 Å².